The second kappa shape index (κ2) is 3.74. The van der Waals surface area contributed by atoms with Crippen LogP contribution < -0.4 is 0 Å². The molecule has 0 aromatic carbocycles. The Bertz CT molecular complexity index is 136. The van der Waals surface area contributed by atoms with E-state index < -0.39 is 16.5 Å². The summed E-state index contributed by atoms with van der Waals surface area (Å²) in [6, 6.07) is 0. The van der Waals surface area contributed by atoms with Crippen LogP contribution in [0, 0.1) is 0 Å². The van der Waals surface area contributed by atoms with Crippen LogP contribution in [0.3, 0.4) is 0 Å². The monoisotopic (exact) mass is 168 g/mol. The Hall–Kier alpha value is -0.220. The average molecular weight is 169 g/mol. The van der Waals surface area contributed by atoms with Gasteiger partial charge >= 0.3 is 5.97 Å². The highest BCUT2D eigenvalue weighted by atomic mass is 35.5. The van der Waals surface area contributed by atoms with Crippen LogP contribution in [0.1, 0.15) is 6.42 Å². The van der Waals surface area contributed by atoms with E-state index in [1.807, 2.05) is 0 Å². The molecule has 0 aliphatic heterocycles. The SMILES string of the molecule is O=C(O)CC(Cl)C(=O)S. The van der Waals surface area contributed by atoms with Gasteiger partial charge in [-0.25, -0.2) is 0 Å². The standard InChI is InChI=1S/C4H5ClO3S/c5-2(4(8)9)1-3(6)7/h2H,1H2,(H,6,7)(H,8,9). The average Bonchev–Trinajstić information content (AvgIpc) is 1.63. The fourth-order valence-electron chi connectivity index (χ4n) is 0.241. The first-order chi connectivity index (χ1) is 4.04. The minimum absolute atomic E-state index is 0.371. The van der Waals surface area contributed by atoms with Crippen molar-refractivity contribution in [1.82, 2.24) is 0 Å². The Kier molecular flexibility index (Phi) is 3.65. The van der Waals surface area contributed by atoms with E-state index in [0.717, 1.165) is 0 Å². The van der Waals surface area contributed by atoms with Crippen LogP contribution in [0.2, 0.25) is 0 Å². The molecule has 52 valence electrons. The predicted octanol–water partition coefficient (Wildman–Crippen LogP) is 0.525. The van der Waals surface area contributed by atoms with Crippen molar-refractivity contribution in [3.63, 3.8) is 0 Å². The van der Waals surface area contributed by atoms with Crippen molar-refractivity contribution in [2.24, 2.45) is 0 Å². The van der Waals surface area contributed by atoms with Gasteiger partial charge in [0.25, 0.3) is 0 Å². The van der Waals surface area contributed by atoms with Gasteiger partial charge in [-0.05, 0) is 0 Å². The molecule has 1 unspecified atom stereocenters. The summed E-state index contributed by atoms with van der Waals surface area (Å²) < 4.78 is 0. The zero-order valence-electron chi connectivity index (χ0n) is 4.37. The maximum absolute atomic E-state index is 10.1. The minimum atomic E-state index is -1.10. The van der Waals surface area contributed by atoms with Crippen molar-refractivity contribution in [1.29, 1.82) is 0 Å². The van der Waals surface area contributed by atoms with Crippen LogP contribution in [0.4, 0.5) is 0 Å². The zero-order valence-corrected chi connectivity index (χ0v) is 6.02. The van der Waals surface area contributed by atoms with Crippen LogP contribution in [-0.4, -0.2) is 21.6 Å². The van der Waals surface area contributed by atoms with Gasteiger partial charge in [-0.15, -0.1) is 24.2 Å². The Labute approximate surface area is 62.4 Å². The number of carbonyl (C=O) groups is 2. The highest BCUT2D eigenvalue weighted by Crippen LogP contribution is 2.04. The lowest BCUT2D eigenvalue weighted by Crippen LogP contribution is -2.13. The first-order valence-corrected chi connectivity index (χ1v) is 3.01. The Morgan fingerprint density at radius 1 is 1.67 bits per heavy atom. The van der Waals surface area contributed by atoms with Gasteiger partial charge in [0, 0.05) is 0 Å². The zero-order chi connectivity index (χ0) is 7.44. The van der Waals surface area contributed by atoms with Crippen LogP contribution in [0.15, 0.2) is 0 Å². The van der Waals surface area contributed by atoms with E-state index in [2.05, 4.69) is 12.6 Å². The van der Waals surface area contributed by atoms with Gasteiger partial charge in [-0.1, -0.05) is 0 Å². The normalized spacial score (nSPS) is 12.7. The summed E-state index contributed by atoms with van der Waals surface area (Å²) in [6.45, 7) is 0. The van der Waals surface area contributed by atoms with E-state index in [4.69, 9.17) is 16.7 Å². The number of aliphatic carboxylic acids is 1. The van der Waals surface area contributed by atoms with E-state index in [1.165, 1.54) is 0 Å². The molecule has 0 aliphatic carbocycles. The molecule has 9 heavy (non-hydrogen) atoms. The fraction of sp³-hybridized carbons (Fsp3) is 0.500. The Morgan fingerprint density at radius 2 is 2.11 bits per heavy atom. The summed E-state index contributed by atoms with van der Waals surface area (Å²) in [6.07, 6.45) is -0.371. The summed E-state index contributed by atoms with van der Waals surface area (Å²) in [5, 5.41) is 6.44. The molecule has 0 radical (unpaired) electrons. The molecule has 0 heterocycles. The molecule has 0 rings (SSSR count). The number of carboxylic acid groups (broad SMARTS) is 1. The van der Waals surface area contributed by atoms with Crippen molar-refractivity contribution >= 4 is 35.3 Å². The van der Waals surface area contributed by atoms with Gasteiger partial charge in [-0.3, -0.25) is 9.59 Å². The minimum Gasteiger partial charge on any atom is -0.481 e. The summed E-state index contributed by atoms with van der Waals surface area (Å²) in [4.78, 5) is 20.0. The van der Waals surface area contributed by atoms with Crippen LogP contribution in [-0.2, 0) is 9.59 Å². The lowest BCUT2D eigenvalue weighted by Gasteiger charge is -1.96. The number of carboxylic acids is 1. The number of thiol groups is 1. The molecular weight excluding hydrogens is 164 g/mol. The summed E-state index contributed by atoms with van der Waals surface area (Å²) in [5.74, 6) is -1.10. The van der Waals surface area contributed by atoms with E-state index >= 15 is 0 Å². The first-order valence-electron chi connectivity index (χ1n) is 2.12. The number of carbonyl (C=O) groups excluding carboxylic acids is 1. The molecule has 0 saturated heterocycles. The van der Waals surface area contributed by atoms with Crippen LogP contribution in [0.5, 0.6) is 0 Å². The molecule has 0 fully saturated rings. The third-order valence-corrected chi connectivity index (χ3v) is 1.44. The third-order valence-electron chi connectivity index (χ3n) is 0.622. The summed E-state index contributed by atoms with van der Waals surface area (Å²) >= 11 is 8.54. The number of alkyl halides is 1. The second-order valence-corrected chi connectivity index (χ2v) is 2.37. The molecule has 3 nitrogen and oxygen atoms in total. The van der Waals surface area contributed by atoms with Gasteiger partial charge in [0.1, 0.15) is 5.38 Å². The molecule has 1 N–H and O–H groups in total. The van der Waals surface area contributed by atoms with Crippen molar-refractivity contribution < 1.29 is 14.7 Å². The van der Waals surface area contributed by atoms with Gasteiger partial charge in [0.2, 0.25) is 5.12 Å². The quantitative estimate of drug-likeness (QED) is 0.477. The van der Waals surface area contributed by atoms with E-state index in [0.29, 0.717) is 0 Å². The largest absolute Gasteiger partial charge is 0.481 e. The van der Waals surface area contributed by atoms with Crippen molar-refractivity contribution in [2.45, 2.75) is 11.8 Å². The van der Waals surface area contributed by atoms with E-state index in [-0.39, 0.29) is 6.42 Å². The maximum Gasteiger partial charge on any atom is 0.305 e. The smallest absolute Gasteiger partial charge is 0.305 e. The van der Waals surface area contributed by atoms with Crippen molar-refractivity contribution in [3.05, 3.63) is 0 Å². The number of rotatable bonds is 3. The lowest BCUT2D eigenvalue weighted by molar-refractivity contribution is -0.137. The molecule has 1 atom stereocenters. The van der Waals surface area contributed by atoms with E-state index in [9.17, 15) is 9.59 Å². The van der Waals surface area contributed by atoms with Gasteiger partial charge in [-0.2, -0.15) is 0 Å². The third kappa shape index (κ3) is 4.29. The highest BCUT2D eigenvalue weighted by molar-refractivity contribution is 7.97. The molecule has 0 amide bonds. The number of hydrogen-bond donors (Lipinski definition) is 2. The van der Waals surface area contributed by atoms with Crippen molar-refractivity contribution in [3.8, 4) is 0 Å². The van der Waals surface area contributed by atoms with Gasteiger partial charge < -0.3 is 5.11 Å². The molecule has 0 aromatic rings. The lowest BCUT2D eigenvalue weighted by atomic mass is 10.3. The Balaban J connectivity index is 3.63. The molecule has 0 saturated carbocycles. The number of hydrogen-bond acceptors (Lipinski definition) is 2. The molecule has 0 aromatic heterocycles. The molecule has 0 aliphatic rings. The Morgan fingerprint density at radius 3 is 2.22 bits per heavy atom. The highest BCUT2D eigenvalue weighted by Gasteiger charge is 2.14. The molecule has 5 heteroatoms. The van der Waals surface area contributed by atoms with Crippen LogP contribution in [0.25, 0.3) is 0 Å². The topological polar surface area (TPSA) is 54.4 Å². The van der Waals surface area contributed by atoms with Crippen LogP contribution >= 0.6 is 24.2 Å². The van der Waals surface area contributed by atoms with Gasteiger partial charge in [0.05, 0.1) is 6.42 Å². The summed E-state index contributed by atoms with van der Waals surface area (Å²) in [7, 11) is 0. The maximum atomic E-state index is 10.1. The summed E-state index contributed by atoms with van der Waals surface area (Å²) in [5.41, 5.74) is 0. The van der Waals surface area contributed by atoms with Crippen molar-refractivity contribution in [2.75, 3.05) is 0 Å². The molecule has 0 bridgehead atoms. The number of halogens is 1. The fourth-order valence-corrected chi connectivity index (χ4v) is 0.464. The first kappa shape index (κ1) is 8.78. The van der Waals surface area contributed by atoms with Gasteiger partial charge in [0.15, 0.2) is 0 Å². The second-order valence-electron chi connectivity index (χ2n) is 1.40. The van der Waals surface area contributed by atoms with E-state index in [1.54, 1.807) is 0 Å². The molecule has 0 spiro atoms. The predicted molar refractivity (Wildman–Crippen MR) is 35.9 cm³/mol. The molecular formula is C4H5ClO3S.